The third kappa shape index (κ3) is 2.45. The van der Waals surface area contributed by atoms with E-state index in [0.29, 0.717) is 13.2 Å². The first-order chi connectivity index (χ1) is 7.79. The van der Waals surface area contributed by atoms with Crippen molar-refractivity contribution in [1.82, 2.24) is 0 Å². The summed E-state index contributed by atoms with van der Waals surface area (Å²) in [5.41, 5.74) is 6.63. The molecule has 1 atom stereocenters. The SMILES string of the molecule is CCc1ccccc1OCC1CN=C(N)O1. The molecular formula is C12H16N2O2. The number of nitrogens with two attached hydrogens (primary N) is 1. The van der Waals surface area contributed by atoms with Crippen LogP contribution in [0.5, 0.6) is 5.75 Å². The van der Waals surface area contributed by atoms with Crippen LogP contribution in [0.1, 0.15) is 12.5 Å². The second kappa shape index (κ2) is 4.88. The number of para-hydroxylation sites is 1. The summed E-state index contributed by atoms with van der Waals surface area (Å²) in [6, 6.07) is 8.28. The number of hydrogen-bond donors (Lipinski definition) is 1. The fourth-order valence-electron chi connectivity index (χ4n) is 1.64. The minimum atomic E-state index is -0.0510. The normalized spacial score (nSPS) is 19.1. The van der Waals surface area contributed by atoms with Crippen molar-refractivity contribution >= 4 is 6.02 Å². The van der Waals surface area contributed by atoms with E-state index in [1.807, 2.05) is 18.2 Å². The molecule has 16 heavy (non-hydrogen) atoms. The number of hydrogen-bond acceptors (Lipinski definition) is 4. The predicted molar refractivity (Wildman–Crippen MR) is 62.7 cm³/mol. The third-order valence-corrected chi connectivity index (χ3v) is 2.52. The van der Waals surface area contributed by atoms with E-state index in [-0.39, 0.29) is 12.1 Å². The lowest BCUT2D eigenvalue weighted by Crippen LogP contribution is -2.24. The van der Waals surface area contributed by atoms with Crippen LogP contribution in [0.25, 0.3) is 0 Å². The molecule has 0 saturated carbocycles. The molecule has 86 valence electrons. The van der Waals surface area contributed by atoms with Gasteiger partial charge >= 0.3 is 0 Å². The van der Waals surface area contributed by atoms with Crippen molar-refractivity contribution in [3.8, 4) is 5.75 Å². The molecule has 0 bridgehead atoms. The lowest BCUT2D eigenvalue weighted by molar-refractivity contribution is 0.141. The molecule has 2 N–H and O–H groups in total. The van der Waals surface area contributed by atoms with Gasteiger partial charge in [0.1, 0.15) is 12.4 Å². The number of rotatable bonds is 4. The Kier molecular flexibility index (Phi) is 3.29. The fraction of sp³-hybridized carbons (Fsp3) is 0.417. The molecule has 0 amide bonds. The maximum Gasteiger partial charge on any atom is 0.282 e. The van der Waals surface area contributed by atoms with Crippen LogP contribution >= 0.6 is 0 Å². The predicted octanol–water partition coefficient (Wildman–Crippen LogP) is 1.34. The summed E-state index contributed by atoms with van der Waals surface area (Å²) in [6.45, 7) is 3.18. The van der Waals surface area contributed by atoms with Crippen LogP contribution in [0, 0.1) is 0 Å². The standard InChI is InChI=1S/C12H16N2O2/c1-2-9-5-3-4-6-11(9)15-8-10-7-14-12(13)16-10/h3-6,10H,2,7-8H2,1H3,(H2,13,14). The number of benzene rings is 1. The minimum Gasteiger partial charge on any atom is -0.489 e. The molecule has 0 fully saturated rings. The molecule has 2 rings (SSSR count). The summed E-state index contributed by atoms with van der Waals surface area (Å²) in [6.07, 6.45) is 0.908. The van der Waals surface area contributed by atoms with E-state index in [1.165, 1.54) is 5.56 Å². The van der Waals surface area contributed by atoms with E-state index in [4.69, 9.17) is 15.2 Å². The van der Waals surface area contributed by atoms with Gasteiger partial charge in [0.15, 0.2) is 6.10 Å². The number of aryl methyl sites for hydroxylation is 1. The van der Waals surface area contributed by atoms with Gasteiger partial charge in [0.2, 0.25) is 0 Å². The summed E-state index contributed by atoms with van der Waals surface area (Å²) in [7, 11) is 0. The van der Waals surface area contributed by atoms with Crippen LogP contribution in [0.3, 0.4) is 0 Å². The van der Waals surface area contributed by atoms with Crippen LogP contribution in [0.4, 0.5) is 0 Å². The van der Waals surface area contributed by atoms with Gasteiger partial charge in [0, 0.05) is 0 Å². The van der Waals surface area contributed by atoms with E-state index in [2.05, 4.69) is 18.0 Å². The molecule has 1 heterocycles. The van der Waals surface area contributed by atoms with Crippen molar-refractivity contribution < 1.29 is 9.47 Å². The van der Waals surface area contributed by atoms with Gasteiger partial charge in [-0.1, -0.05) is 25.1 Å². The zero-order valence-electron chi connectivity index (χ0n) is 9.35. The van der Waals surface area contributed by atoms with Crippen LogP contribution in [0.15, 0.2) is 29.3 Å². The van der Waals surface area contributed by atoms with Gasteiger partial charge in [-0.25, -0.2) is 4.99 Å². The molecule has 1 aromatic rings. The second-order valence-electron chi connectivity index (χ2n) is 3.69. The summed E-state index contributed by atoms with van der Waals surface area (Å²) < 4.78 is 11.0. The van der Waals surface area contributed by atoms with E-state index in [9.17, 15) is 0 Å². The van der Waals surface area contributed by atoms with Crippen molar-refractivity contribution in [3.05, 3.63) is 29.8 Å². The van der Waals surface area contributed by atoms with Gasteiger partial charge in [0.05, 0.1) is 6.54 Å². The van der Waals surface area contributed by atoms with Crippen LogP contribution < -0.4 is 10.5 Å². The highest BCUT2D eigenvalue weighted by molar-refractivity contribution is 5.73. The zero-order valence-corrected chi connectivity index (χ0v) is 9.35. The highest BCUT2D eigenvalue weighted by Gasteiger charge is 2.18. The molecule has 1 aliphatic rings. The van der Waals surface area contributed by atoms with E-state index >= 15 is 0 Å². The Hall–Kier alpha value is -1.71. The molecular weight excluding hydrogens is 204 g/mol. The molecule has 4 nitrogen and oxygen atoms in total. The van der Waals surface area contributed by atoms with Crippen molar-refractivity contribution in [2.45, 2.75) is 19.4 Å². The number of aliphatic imine (C=N–C) groups is 1. The summed E-state index contributed by atoms with van der Waals surface area (Å²) >= 11 is 0. The van der Waals surface area contributed by atoms with Crippen molar-refractivity contribution in [1.29, 1.82) is 0 Å². The van der Waals surface area contributed by atoms with Crippen LogP contribution in [-0.4, -0.2) is 25.3 Å². The Morgan fingerprint density at radius 1 is 1.50 bits per heavy atom. The Bertz CT molecular complexity index is 390. The highest BCUT2D eigenvalue weighted by Crippen LogP contribution is 2.19. The smallest absolute Gasteiger partial charge is 0.282 e. The van der Waals surface area contributed by atoms with Gasteiger partial charge in [-0.05, 0) is 18.1 Å². The Labute approximate surface area is 95.1 Å². The summed E-state index contributed by atoms with van der Waals surface area (Å²) in [5, 5.41) is 0. The van der Waals surface area contributed by atoms with Crippen molar-refractivity contribution in [2.75, 3.05) is 13.2 Å². The lowest BCUT2D eigenvalue weighted by Gasteiger charge is -2.13. The average molecular weight is 220 g/mol. The first-order valence-electron chi connectivity index (χ1n) is 5.47. The lowest BCUT2D eigenvalue weighted by atomic mass is 10.1. The fourth-order valence-corrected chi connectivity index (χ4v) is 1.64. The van der Waals surface area contributed by atoms with E-state index < -0.39 is 0 Å². The van der Waals surface area contributed by atoms with Gasteiger partial charge in [-0.2, -0.15) is 0 Å². The molecule has 0 radical (unpaired) electrons. The molecule has 0 saturated heterocycles. The number of amidine groups is 1. The molecule has 0 aliphatic carbocycles. The highest BCUT2D eigenvalue weighted by atomic mass is 16.5. The molecule has 1 aromatic carbocycles. The number of ether oxygens (including phenoxy) is 2. The Morgan fingerprint density at radius 3 is 3.00 bits per heavy atom. The summed E-state index contributed by atoms with van der Waals surface area (Å²) in [4.78, 5) is 3.96. The topological polar surface area (TPSA) is 56.8 Å². The van der Waals surface area contributed by atoms with Crippen molar-refractivity contribution in [3.63, 3.8) is 0 Å². The first kappa shape index (κ1) is 10.8. The first-order valence-corrected chi connectivity index (χ1v) is 5.47. The zero-order chi connectivity index (χ0) is 11.4. The Balaban J connectivity index is 1.90. The molecule has 0 spiro atoms. The van der Waals surface area contributed by atoms with Gasteiger partial charge < -0.3 is 15.2 Å². The average Bonchev–Trinajstić information content (AvgIpc) is 2.73. The van der Waals surface area contributed by atoms with Gasteiger partial charge in [-0.15, -0.1) is 0 Å². The van der Waals surface area contributed by atoms with Gasteiger partial charge in [-0.3, -0.25) is 0 Å². The maximum atomic E-state index is 5.71. The molecule has 0 aromatic heterocycles. The van der Waals surface area contributed by atoms with Crippen molar-refractivity contribution in [2.24, 2.45) is 10.7 Å². The van der Waals surface area contributed by atoms with E-state index in [0.717, 1.165) is 12.2 Å². The monoisotopic (exact) mass is 220 g/mol. The third-order valence-electron chi connectivity index (χ3n) is 2.52. The minimum absolute atomic E-state index is 0.0510. The maximum absolute atomic E-state index is 5.71. The number of nitrogens with zero attached hydrogens (tertiary/aromatic N) is 1. The van der Waals surface area contributed by atoms with Crippen LogP contribution in [0.2, 0.25) is 0 Å². The summed E-state index contributed by atoms with van der Waals surface area (Å²) in [5.74, 6) is 0.916. The molecule has 4 heteroatoms. The van der Waals surface area contributed by atoms with Crippen LogP contribution in [-0.2, 0) is 11.2 Å². The molecule has 1 unspecified atom stereocenters. The van der Waals surface area contributed by atoms with E-state index in [1.54, 1.807) is 0 Å². The second-order valence-corrected chi connectivity index (χ2v) is 3.69. The largest absolute Gasteiger partial charge is 0.489 e. The van der Waals surface area contributed by atoms with Gasteiger partial charge in [0.25, 0.3) is 6.02 Å². The Morgan fingerprint density at radius 2 is 2.31 bits per heavy atom. The quantitative estimate of drug-likeness (QED) is 0.833. The molecule has 1 aliphatic heterocycles.